The number of H-pyrrole nitrogens is 1. The molecule has 522 valence electrons. The van der Waals surface area contributed by atoms with Crippen molar-refractivity contribution in [2.45, 2.75) is 146 Å². The minimum atomic E-state index is -1.66. The van der Waals surface area contributed by atoms with Crippen LogP contribution < -0.4 is 76.1 Å². The van der Waals surface area contributed by atoms with Crippen LogP contribution in [0.2, 0.25) is 0 Å². The number of aliphatic hydroxyl groups excluding tert-OH is 1. The van der Waals surface area contributed by atoms with Crippen LogP contribution in [0.1, 0.15) is 82.6 Å². The van der Waals surface area contributed by atoms with Gasteiger partial charge in [0.25, 0.3) is 0 Å². The van der Waals surface area contributed by atoms with Crippen molar-refractivity contribution >= 4 is 87.8 Å². The zero-order chi connectivity index (χ0) is 71.3. The zero-order valence-corrected chi connectivity index (χ0v) is 54.8. The summed E-state index contributed by atoms with van der Waals surface area (Å²) in [6.45, 7) is 6.39. The molecule has 0 aliphatic heterocycles. The molecule has 1 aromatic heterocycles. The first-order valence-electron chi connectivity index (χ1n) is 31.8. The number of carboxylic acids is 1. The first kappa shape index (κ1) is 77.0. The first-order valence-corrected chi connectivity index (χ1v) is 31.8. The normalized spacial score (nSPS) is 14.5. The lowest BCUT2D eigenvalue weighted by Gasteiger charge is -2.30. The predicted octanol–water partition coefficient (Wildman–Crippen LogP) is -2.03. The Labute approximate surface area is 561 Å². The number of fused-ring (bicyclic) bond motifs is 1. The number of benzene rings is 4. The van der Waals surface area contributed by atoms with E-state index >= 15 is 0 Å². The first-order chi connectivity index (χ1) is 46.2. The molecule has 30 nitrogen and oxygen atoms in total. The number of rotatable bonds is 39. The quantitative estimate of drug-likeness (QED) is 0.0115. The van der Waals surface area contributed by atoms with Crippen molar-refractivity contribution in [3.05, 3.63) is 144 Å². The summed E-state index contributed by atoms with van der Waals surface area (Å²) in [5.74, 6) is -12.4. The number of aromatic nitrogens is 1. The van der Waals surface area contributed by atoms with Crippen LogP contribution >= 0.6 is 0 Å². The number of carbonyl (C=O) groups is 12. The molecule has 0 saturated carbocycles. The van der Waals surface area contributed by atoms with E-state index in [1.165, 1.54) is 6.92 Å². The van der Waals surface area contributed by atoms with Gasteiger partial charge in [0, 0.05) is 49.3 Å². The average molecular weight is 1340 g/mol. The molecule has 1 heterocycles. The Morgan fingerprint density at radius 3 is 1.49 bits per heavy atom. The topological polar surface area (TPSA) is 498 Å². The van der Waals surface area contributed by atoms with Crippen molar-refractivity contribution in [1.29, 1.82) is 0 Å². The second kappa shape index (κ2) is 38.6. The van der Waals surface area contributed by atoms with Crippen molar-refractivity contribution in [3.63, 3.8) is 0 Å². The molecule has 21 N–H and O–H groups in total. The van der Waals surface area contributed by atoms with Gasteiger partial charge in [0.1, 0.15) is 54.4 Å². The van der Waals surface area contributed by atoms with Crippen LogP contribution in [0.3, 0.4) is 0 Å². The number of aliphatic imine (C=N–C) groups is 1. The van der Waals surface area contributed by atoms with Crippen LogP contribution in [0, 0.1) is 11.8 Å². The molecule has 0 bridgehead atoms. The smallest absolute Gasteiger partial charge is 0.326 e. The van der Waals surface area contributed by atoms with E-state index in [4.69, 9.17) is 22.9 Å². The molecule has 97 heavy (non-hydrogen) atoms. The van der Waals surface area contributed by atoms with E-state index in [1.807, 2.05) is 6.07 Å². The van der Waals surface area contributed by atoms with Gasteiger partial charge in [0.05, 0.1) is 25.6 Å². The third kappa shape index (κ3) is 25.2. The Morgan fingerprint density at radius 1 is 0.505 bits per heavy atom. The van der Waals surface area contributed by atoms with Gasteiger partial charge in [-0.25, -0.2) is 4.79 Å². The molecule has 0 radical (unpaired) electrons. The number of hydrogen-bond donors (Lipinski definition) is 17. The van der Waals surface area contributed by atoms with E-state index < -0.39 is 163 Å². The minimum Gasteiger partial charge on any atom is -0.480 e. The molecule has 4 aromatic carbocycles. The van der Waals surface area contributed by atoms with Gasteiger partial charge in [-0.3, -0.25) is 57.7 Å². The molecule has 0 fully saturated rings. The number of carboxylic acid groups (broad SMARTS) is 1. The van der Waals surface area contributed by atoms with Crippen LogP contribution in [0.15, 0.2) is 126 Å². The standard InChI is InChI=1S/C67H90N16O14/c1-6-38(4)56(83-60(90)47(27-18-28-72-67(70)71)76-54(86)35-74-59(89)50(78-58(88)45(68)33-53(69)85)32-43-34-73-46-26-17-16-25-44(43)46)65(95)82-55(37(2)3)64(94)75-39(5)57(87)77-48(29-40-19-10-7-11-20-40)61(91)79-49(30-41-21-12-8-13-22-41)62(92)81-52(36-84)63(93)80-51(66(96)97)31-42-23-14-9-15-24-42/h7-17,19-26,34,37-39,45,47-52,55-56,73,84H,6,18,27-33,35-36,68H2,1-5H3,(H2,69,85)(H,74,89)(H,75,94)(H,76,86)(H,77,87)(H,78,88)(H,79,91)(H,80,93)(H,81,92)(H,82,95)(H,83,90)(H,96,97)(H4,70,71,72)/t38-,39-,45-,47-,48-,49-,50-,51-,52-,55-,56-/m0/s1. The molecule has 0 aliphatic rings. The summed E-state index contributed by atoms with van der Waals surface area (Å²) in [7, 11) is 0. The van der Waals surface area contributed by atoms with Crippen molar-refractivity contribution in [2.75, 3.05) is 19.7 Å². The highest BCUT2D eigenvalue weighted by atomic mass is 16.4. The molecular weight excluding hydrogens is 1250 g/mol. The summed E-state index contributed by atoms with van der Waals surface area (Å²) in [6, 6.07) is 18.6. The number of guanidine groups is 1. The van der Waals surface area contributed by atoms with Crippen LogP contribution in [-0.4, -0.2) is 172 Å². The van der Waals surface area contributed by atoms with E-state index in [2.05, 4.69) is 63.1 Å². The Bertz CT molecular complexity index is 3530. The number of aliphatic hydroxyl groups is 1. The lowest BCUT2D eigenvalue weighted by molar-refractivity contribution is -0.142. The van der Waals surface area contributed by atoms with Crippen molar-refractivity contribution in [3.8, 4) is 0 Å². The van der Waals surface area contributed by atoms with E-state index in [9.17, 15) is 67.7 Å². The fourth-order valence-corrected chi connectivity index (χ4v) is 10.2. The maximum absolute atomic E-state index is 14.5. The minimum absolute atomic E-state index is 0.0310. The number of aromatic amines is 1. The Morgan fingerprint density at radius 2 is 0.969 bits per heavy atom. The molecule has 0 unspecified atom stereocenters. The van der Waals surface area contributed by atoms with Crippen LogP contribution in [0.5, 0.6) is 0 Å². The summed E-state index contributed by atoms with van der Waals surface area (Å²) >= 11 is 0. The molecule has 0 spiro atoms. The Balaban J connectivity index is 1.29. The van der Waals surface area contributed by atoms with Gasteiger partial charge in [-0.05, 0) is 59.9 Å². The second-order valence-corrected chi connectivity index (χ2v) is 23.9. The third-order valence-electron chi connectivity index (χ3n) is 15.8. The molecule has 0 aliphatic carbocycles. The summed E-state index contributed by atoms with van der Waals surface area (Å²) < 4.78 is 0. The average Bonchev–Trinajstić information content (AvgIpc) is 1.74. The highest BCUT2D eigenvalue weighted by molar-refractivity contribution is 5.99. The predicted molar refractivity (Wildman–Crippen MR) is 359 cm³/mol. The van der Waals surface area contributed by atoms with Crippen LogP contribution in [0.25, 0.3) is 10.9 Å². The van der Waals surface area contributed by atoms with E-state index in [1.54, 1.807) is 143 Å². The molecule has 11 amide bonds. The van der Waals surface area contributed by atoms with Crippen molar-refractivity contribution in [1.82, 2.24) is 58.2 Å². The largest absolute Gasteiger partial charge is 0.480 e. The SMILES string of the molecule is CC[C@H](C)[C@H](NC(=O)[C@H](CCCN=C(N)N)NC(=O)CNC(=O)[C@H](Cc1c[nH]c2ccccc12)NC(=O)[C@@H](N)CC(N)=O)C(=O)N[C@H](C(=O)N[C@@H](C)C(=O)N[C@@H](Cc1ccccc1)C(=O)N[C@@H](Cc1ccccc1)C(=O)N[C@@H](CO)C(=O)N[C@@H](Cc1ccccc1)C(=O)O)C(C)C. The third-order valence-corrected chi connectivity index (χ3v) is 15.8. The Kier molecular flexibility index (Phi) is 30.6. The maximum Gasteiger partial charge on any atom is 0.326 e. The number of nitrogens with two attached hydrogens (primary N) is 4. The second-order valence-electron chi connectivity index (χ2n) is 23.9. The number of aliphatic carboxylic acids is 1. The van der Waals surface area contributed by atoms with E-state index in [0.717, 1.165) is 10.9 Å². The monoisotopic (exact) mass is 1340 g/mol. The maximum atomic E-state index is 14.5. The van der Waals surface area contributed by atoms with Crippen LogP contribution in [0.4, 0.5) is 0 Å². The van der Waals surface area contributed by atoms with Gasteiger partial charge in [-0.2, -0.15) is 0 Å². The number of nitrogens with zero attached hydrogens (tertiary/aromatic N) is 1. The summed E-state index contributed by atoms with van der Waals surface area (Å²) in [5.41, 5.74) is 25.3. The number of nitrogens with one attached hydrogen (secondary N) is 11. The summed E-state index contributed by atoms with van der Waals surface area (Å²) in [6.07, 6.45) is 1.06. The summed E-state index contributed by atoms with van der Waals surface area (Å²) in [4.78, 5) is 171. The lowest BCUT2D eigenvalue weighted by atomic mass is 9.95. The fraction of sp³-hybridized carbons (Fsp3) is 0.418. The highest BCUT2D eigenvalue weighted by Crippen LogP contribution is 2.20. The van der Waals surface area contributed by atoms with E-state index in [0.29, 0.717) is 28.7 Å². The number of hydrogen-bond acceptors (Lipinski definition) is 15. The number of para-hydroxylation sites is 1. The molecular formula is C67H90N16O14. The molecule has 0 saturated heterocycles. The van der Waals surface area contributed by atoms with Gasteiger partial charge >= 0.3 is 5.97 Å². The fourth-order valence-electron chi connectivity index (χ4n) is 10.2. The summed E-state index contributed by atoms with van der Waals surface area (Å²) in [5, 5.41) is 46.8. The lowest BCUT2D eigenvalue weighted by Crippen LogP contribution is -2.61. The van der Waals surface area contributed by atoms with E-state index in [-0.39, 0.29) is 51.0 Å². The van der Waals surface area contributed by atoms with Gasteiger partial charge in [-0.1, -0.05) is 143 Å². The number of primary amides is 1. The van der Waals surface area contributed by atoms with Gasteiger partial charge in [0.2, 0.25) is 65.0 Å². The van der Waals surface area contributed by atoms with Crippen molar-refractivity contribution < 1.29 is 67.7 Å². The van der Waals surface area contributed by atoms with Crippen molar-refractivity contribution in [2.24, 2.45) is 39.8 Å². The van der Waals surface area contributed by atoms with Gasteiger partial charge < -0.3 is 91.3 Å². The molecule has 11 atom stereocenters. The number of carbonyl (C=O) groups excluding carboxylic acids is 11. The van der Waals surface area contributed by atoms with Gasteiger partial charge in [-0.15, -0.1) is 0 Å². The Hall–Kier alpha value is -10.8. The molecule has 30 heteroatoms. The molecule has 5 rings (SSSR count). The van der Waals surface area contributed by atoms with Crippen LogP contribution in [-0.2, 0) is 83.2 Å². The molecule has 5 aromatic rings. The van der Waals surface area contributed by atoms with Gasteiger partial charge in [0.15, 0.2) is 5.96 Å². The highest BCUT2D eigenvalue weighted by Gasteiger charge is 2.37. The number of amides is 11. The zero-order valence-electron chi connectivity index (χ0n) is 54.8.